The van der Waals surface area contributed by atoms with Gasteiger partial charge in [0.1, 0.15) is 5.82 Å². The number of esters is 1. The average Bonchev–Trinajstić information content (AvgIpc) is 2.65. The smallest absolute Gasteiger partial charge is 0.360 e. The number of ether oxygens (including phenoxy) is 2. The van der Waals surface area contributed by atoms with E-state index in [0.717, 1.165) is 6.42 Å². The van der Waals surface area contributed by atoms with Gasteiger partial charge >= 0.3 is 5.97 Å². The molecule has 6 nitrogen and oxygen atoms in total. The van der Waals surface area contributed by atoms with Crippen molar-refractivity contribution in [3.8, 4) is 0 Å². The van der Waals surface area contributed by atoms with Crippen LogP contribution in [0.2, 0.25) is 0 Å². The fraction of sp³-hybridized carbons (Fsp3) is 0.600. The van der Waals surface area contributed by atoms with Gasteiger partial charge in [-0.2, -0.15) is 0 Å². The number of carbonyl (C=O) groups is 1. The van der Waals surface area contributed by atoms with E-state index in [4.69, 9.17) is 10.5 Å². The fourth-order valence-corrected chi connectivity index (χ4v) is 1.31. The van der Waals surface area contributed by atoms with Crippen LogP contribution in [0.5, 0.6) is 0 Å². The van der Waals surface area contributed by atoms with Crippen molar-refractivity contribution in [3.63, 3.8) is 0 Å². The Hall–Kier alpha value is -1.56. The van der Waals surface area contributed by atoms with Crippen molar-refractivity contribution in [1.29, 1.82) is 0 Å². The summed E-state index contributed by atoms with van der Waals surface area (Å²) in [5, 5.41) is 0. The van der Waals surface area contributed by atoms with Crippen LogP contribution in [0.3, 0.4) is 0 Å². The topological polar surface area (TPSA) is 79.4 Å². The van der Waals surface area contributed by atoms with E-state index in [0.29, 0.717) is 25.6 Å². The first-order valence-corrected chi connectivity index (χ1v) is 5.17. The monoisotopic (exact) mass is 227 g/mol. The van der Waals surface area contributed by atoms with Crippen molar-refractivity contribution < 1.29 is 14.3 Å². The van der Waals surface area contributed by atoms with Crippen molar-refractivity contribution in [3.05, 3.63) is 12.0 Å². The first-order valence-electron chi connectivity index (χ1n) is 5.17. The summed E-state index contributed by atoms with van der Waals surface area (Å²) in [6.45, 7) is 3.99. The standard InChI is InChI=1S/C10H17N3O3/c1-3-16-6-4-5-13-7-12-8(9(13)11)10(14)15-2/h7H,3-6,11H2,1-2H3. The van der Waals surface area contributed by atoms with Crippen LogP contribution in [-0.2, 0) is 16.0 Å². The first-order chi connectivity index (χ1) is 7.70. The number of imidazole rings is 1. The summed E-state index contributed by atoms with van der Waals surface area (Å²) in [5.74, 6) is -0.176. The molecule has 1 rings (SSSR count). The molecular formula is C10H17N3O3. The van der Waals surface area contributed by atoms with Gasteiger partial charge in [-0.15, -0.1) is 0 Å². The normalized spacial score (nSPS) is 10.4. The molecule has 0 aliphatic rings. The Morgan fingerprint density at radius 3 is 3.00 bits per heavy atom. The lowest BCUT2D eigenvalue weighted by Crippen LogP contribution is -2.09. The predicted octanol–water partition coefficient (Wildman–Crippen LogP) is 0.679. The molecule has 1 aromatic rings. The van der Waals surface area contributed by atoms with E-state index in [1.807, 2.05) is 6.92 Å². The Bertz CT molecular complexity index is 349. The molecule has 0 saturated heterocycles. The van der Waals surface area contributed by atoms with Gasteiger partial charge in [0.15, 0.2) is 5.69 Å². The summed E-state index contributed by atoms with van der Waals surface area (Å²) in [7, 11) is 1.30. The van der Waals surface area contributed by atoms with Gasteiger partial charge in [-0.05, 0) is 13.3 Å². The van der Waals surface area contributed by atoms with E-state index < -0.39 is 5.97 Å². The molecule has 1 aromatic heterocycles. The van der Waals surface area contributed by atoms with Gasteiger partial charge in [-0.1, -0.05) is 0 Å². The van der Waals surface area contributed by atoms with E-state index in [1.54, 1.807) is 4.57 Å². The molecule has 0 spiro atoms. The van der Waals surface area contributed by atoms with E-state index in [2.05, 4.69) is 9.72 Å². The highest BCUT2D eigenvalue weighted by molar-refractivity contribution is 5.91. The summed E-state index contributed by atoms with van der Waals surface area (Å²) < 4.78 is 11.5. The lowest BCUT2D eigenvalue weighted by Gasteiger charge is -2.05. The van der Waals surface area contributed by atoms with Gasteiger partial charge in [-0.3, -0.25) is 0 Å². The lowest BCUT2D eigenvalue weighted by molar-refractivity contribution is 0.0596. The Labute approximate surface area is 94.4 Å². The molecule has 6 heteroatoms. The van der Waals surface area contributed by atoms with E-state index in [-0.39, 0.29) is 5.69 Å². The third kappa shape index (κ3) is 2.96. The number of carbonyl (C=O) groups excluding carboxylic acids is 1. The Morgan fingerprint density at radius 2 is 2.38 bits per heavy atom. The van der Waals surface area contributed by atoms with Gasteiger partial charge < -0.3 is 19.8 Å². The van der Waals surface area contributed by atoms with Crippen molar-refractivity contribution in [2.75, 3.05) is 26.1 Å². The lowest BCUT2D eigenvalue weighted by atomic mass is 10.4. The number of hydrogen-bond donors (Lipinski definition) is 1. The molecule has 2 N–H and O–H groups in total. The van der Waals surface area contributed by atoms with Gasteiger partial charge in [-0.25, -0.2) is 9.78 Å². The molecule has 90 valence electrons. The van der Waals surface area contributed by atoms with Crippen molar-refractivity contribution >= 4 is 11.8 Å². The number of nitrogens with zero attached hydrogens (tertiary/aromatic N) is 2. The van der Waals surface area contributed by atoms with Crippen LogP contribution in [0.25, 0.3) is 0 Å². The van der Waals surface area contributed by atoms with Crippen LogP contribution in [0, 0.1) is 0 Å². The summed E-state index contributed by atoms with van der Waals surface area (Å²) >= 11 is 0. The number of methoxy groups -OCH3 is 1. The average molecular weight is 227 g/mol. The molecular weight excluding hydrogens is 210 g/mol. The number of aryl methyl sites for hydroxylation is 1. The molecule has 0 aliphatic heterocycles. The van der Waals surface area contributed by atoms with Crippen molar-refractivity contribution in [1.82, 2.24) is 9.55 Å². The Morgan fingerprint density at radius 1 is 1.62 bits per heavy atom. The van der Waals surface area contributed by atoms with Crippen molar-refractivity contribution in [2.45, 2.75) is 19.9 Å². The van der Waals surface area contributed by atoms with Gasteiger partial charge in [0.05, 0.1) is 13.4 Å². The maximum Gasteiger partial charge on any atom is 0.360 e. The van der Waals surface area contributed by atoms with Crippen LogP contribution < -0.4 is 5.73 Å². The number of anilines is 1. The molecule has 0 unspecified atom stereocenters. The third-order valence-electron chi connectivity index (χ3n) is 2.15. The molecule has 0 aromatic carbocycles. The van der Waals surface area contributed by atoms with Crippen LogP contribution in [0.4, 0.5) is 5.82 Å². The van der Waals surface area contributed by atoms with Crippen molar-refractivity contribution in [2.24, 2.45) is 0 Å². The molecule has 0 aliphatic carbocycles. The molecule has 1 heterocycles. The maximum atomic E-state index is 11.2. The Kier molecular flexibility index (Phi) is 4.78. The first kappa shape index (κ1) is 12.5. The minimum Gasteiger partial charge on any atom is -0.464 e. The van der Waals surface area contributed by atoms with Gasteiger partial charge in [0.2, 0.25) is 0 Å². The molecule has 0 saturated carbocycles. The number of hydrogen-bond acceptors (Lipinski definition) is 5. The maximum absolute atomic E-state index is 11.2. The number of nitrogen functional groups attached to an aromatic ring is 1. The zero-order valence-electron chi connectivity index (χ0n) is 9.60. The summed E-state index contributed by atoms with van der Waals surface area (Å²) in [6, 6.07) is 0. The van der Waals surface area contributed by atoms with Gasteiger partial charge in [0.25, 0.3) is 0 Å². The zero-order valence-corrected chi connectivity index (χ0v) is 9.60. The van der Waals surface area contributed by atoms with Crippen LogP contribution in [0.1, 0.15) is 23.8 Å². The molecule has 0 fully saturated rings. The van der Waals surface area contributed by atoms with E-state index in [9.17, 15) is 4.79 Å². The second kappa shape index (κ2) is 6.12. The molecule has 16 heavy (non-hydrogen) atoms. The highest BCUT2D eigenvalue weighted by Crippen LogP contribution is 2.11. The van der Waals surface area contributed by atoms with Gasteiger partial charge in [0, 0.05) is 19.8 Å². The summed E-state index contributed by atoms with van der Waals surface area (Å²) in [5.41, 5.74) is 5.92. The molecule has 0 bridgehead atoms. The second-order valence-corrected chi connectivity index (χ2v) is 3.21. The SMILES string of the molecule is CCOCCCn1cnc(C(=O)OC)c1N. The van der Waals surface area contributed by atoms with Crippen LogP contribution in [0.15, 0.2) is 6.33 Å². The van der Waals surface area contributed by atoms with Crippen LogP contribution >= 0.6 is 0 Å². The number of aromatic nitrogens is 2. The summed E-state index contributed by atoms with van der Waals surface area (Å²) in [4.78, 5) is 15.1. The zero-order chi connectivity index (χ0) is 12.0. The summed E-state index contributed by atoms with van der Waals surface area (Å²) in [6.07, 6.45) is 2.36. The molecule has 0 radical (unpaired) electrons. The highest BCUT2D eigenvalue weighted by atomic mass is 16.5. The third-order valence-corrected chi connectivity index (χ3v) is 2.15. The fourth-order valence-electron chi connectivity index (χ4n) is 1.31. The highest BCUT2D eigenvalue weighted by Gasteiger charge is 2.15. The largest absolute Gasteiger partial charge is 0.464 e. The minimum absolute atomic E-state index is 0.166. The Balaban J connectivity index is 2.55. The quantitative estimate of drug-likeness (QED) is 0.571. The second-order valence-electron chi connectivity index (χ2n) is 3.21. The van der Waals surface area contributed by atoms with E-state index in [1.165, 1.54) is 13.4 Å². The minimum atomic E-state index is -0.513. The predicted molar refractivity (Wildman–Crippen MR) is 59.1 cm³/mol. The molecule has 0 atom stereocenters. The van der Waals surface area contributed by atoms with Crippen LogP contribution in [-0.4, -0.2) is 35.8 Å². The number of nitrogens with two attached hydrogens (primary N) is 1. The van der Waals surface area contributed by atoms with E-state index >= 15 is 0 Å². The molecule has 0 amide bonds. The number of rotatable bonds is 6.